The number of hydrogen-bond donors (Lipinski definition) is 3. The van der Waals surface area contributed by atoms with E-state index in [1.165, 1.54) is 19.3 Å². The van der Waals surface area contributed by atoms with Crippen LogP contribution in [0, 0.1) is 0 Å². The van der Waals surface area contributed by atoms with E-state index < -0.39 is 12.1 Å². The van der Waals surface area contributed by atoms with Crippen molar-refractivity contribution in [2.24, 2.45) is 5.73 Å². The van der Waals surface area contributed by atoms with Gasteiger partial charge in [0.25, 0.3) is 0 Å². The lowest BCUT2D eigenvalue weighted by Crippen LogP contribution is -2.48. The number of amides is 3. The number of urea groups is 1. The Labute approximate surface area is 102 Å². The average molecular weight is 242 g/mol. The Bertz CT molecular complexity index is 264. The number of imide groups is 1. The fraction of sp³-hybridized carbons (Fsp3) is 0.818. The summed E-state index contributed by atoms with van der Waals surface area (Å²) >= 11 is 0. The largest absolute Gasteiger partial charge is 0.351 e. The minimum atomic E-state index is -0.806. The number of carbonyl (C=O) groups is 2. The van der Waals surface area contributed by atoms with Crippen LogP contribution in [0.2, 0.25) is 0 Å². The summed E-state index contributed by atoms with van der Waals surface area (Å²) in [5.41, 5.74) is 4.87. The average Bonchev–Trinajstić information content (AvgIpc) is 2.29. The van der Waals surface area contributed by atoms with E-state index in [2.05, 4.69) is 15.5 Å². The van der Waals surface area contributed by atoms with Crippen LogP contribution in [-0.4, -0.2) is 49.1 Å². The Morgan fingerprint density at radius 2 is 1.94 bits per heavy atom. The molecule has 1 fully saturated rings. The van der Waals surface area contributed by atoms with Gasteiger partial charge in [0.1, 0.15) is 0 Å². The first-order valence-corrected chi connectivity index (χ1v) is 6.15. The van der Waals surface area contributed by atoms with Gasteiger partial charge in [0.2, 0.25) is 5.91 Å². The highest BCUT2D eigenvalue weighted by Gasteiger charge is 2.14. The van der Waals surface area contributed by atoms with Crippen LogP contribution >= 0.6 is 0 Å². The maximum Gasteiger partial charge on any atom is 0.318 e. The van der Waals surface area contributed by atoms with Crippen molar-refractivity contribution in [2.75, 3.05) is 26.2 Å². The molecule has 0 saturated carbocycles. The van der Waals surface area contributed by atoms with Gasteiger partial charge in [-0.1, -0.05) is 6.42 Å². The molecule has 1 atom stereocenters. The van der Waals surface area contributed by atoms with E-state index in [9.17, 15) is 9.59 Å². The molecule has 3 amide bonds. The van der Waals surface area contributed by atoms with Crippen molar-refractivity contribution in [1.29, 1.82) is 0 Å². The Kier molecular flexibility index (Phi) is 5.93. The fourth-order valence-electron chi connectivity index (χ4n) is 1.94. The van der Waals surface area contributed by atoms with E-state index >= 15 is 0 Å². The number of carbonyl (C=O) groups excluding carboxylic acids is 2. The van der Waals surface area contributed by atoms with Crippen molar-refractivity contribution in [3.05, 3.63) is 0 Å². The molecular formula is C11H22N4O2. The third-order valence-electron chi connectivity index (χ3n) is 2.97. The second-order valence-corrected chi connectivity index (χ2v) is 4.43. The van der Waals surface area contributed by atoms with Gasteiger partial charge in [0, 0.05) is 13.1 Å². The number of nitrogens with one attached hydrogen (secondary N) is 2. The highest BCUT2D eigenvalue weighted by atomic mass is 16.2. The molecule has 0 spiro atoms. The van der Waals surface area contributed by atoms with Gasteiger partial charge in [0.05, 0.1) is 6.04 Å². The normalized spacial score (nSPS) is 18.6. The third kappa shape index (κ3) is 5.65. The van der Waals surface area contributed by atoms with Gasteiger partial charge >= 0.3 is 6.03 Å². The molecule has 0 aliphatic carbocycles. The smallest absolute Gasteiger partial charge is 0.318 e. The summed E-state index contributed by atoms with van der Waals surface area (Å²) < 4.78 is 0. The molecule has 1 aliphatic heterocycles. The second-order valence-electron chi connectivity index (χ2n) is 4.43. The molecule has 0 radical (unpaired) electrons. The Morgan fingerprint density at radius 1 is 1.29 bits per heavy atom. The molecule has 1 saturated heterocycles. The van der Waals surface area contributed by atoms with Crippen LogP contribution in [0.5, 0.6) is 0 Å². The summed E-state index contributed by atoms with van der Waals surface area (Å²) in [5, 5.41) is 5.13. The van der Waals surface area contributed by atoms with E-state index in [4.69, 9.17) is 5.73 Å². The molecule has 6 heteroatoms. The lowest BCUT2D eigenvalue weighted by Gasteiger charge is -2.26. The Balaban J connectivity index is 2.12. The van der Waals surface area contributed by atoms with Gasteiger partial charge < -0.3 is 16.0 Å². The molecule has 0 aromatic heterocycles. The number of hydrogen-bond acceptors (Lipinski definition) is 4. The van der Waals surface area contributed by atoms with Crippen molar-refractivity contribution in [3.8, 4) is 0 Å². The first-order chi connectivity index (χ1) is 8.09. The summed E-state index contributed by atoms with van der Waals surface area (Å²) in [4.78, 5) is 24.2. The van der Waals surface area contributed by atoms with Crippen LogP contribution in [0.1, 0.15) is 26.2 Å². The number of likely N-dealkylation sites (tertiary alicyclic amines) is 1. The van der Waals surface area contributed by atoms with Crippen LogP contribution < -0.4 is 16.4 Å². The standard InChI is InChI=1S/C11H22N4O2/c1-9(10(16)14-11(12)17)13-5-8-15-6-3-2-4-7-15/h9,13H,2-8H2,1H3,(H3,12,14,16,17). The number of nitrogens with two attached hydrogens (primary N) is 1. The van der Waals surface area contributed by atoms with Crippen LogP contribution in [-0.2, 0) is 4.79 Å². The van der Waals surface area contributed by atoms with Gasteiger partial charge in [-0.05, 0) is 32.9 Å². The van der Waals surface area contributed by atoms with Gasteiger partial charge in [0.15, 0.2) is 0 Å². The zero-order valence-corrected chi connectivity index (χ0v) is 10.4. The fourth-order valence-corrected chi connectivity index (χ4v) is 1.94. The van der Waals surface area contributed by atoms with Crippen LogP contribution in [0.25, 0.3) is 0 Å². The van der Waals surface area contributed by atoms with Gasteiger partial charge in [-0.25, -0.2) is 4.79 Å². The molecule has 1 rings (SSSR count). The monoisotopic (exact) mass is 242 g/mol. The van der Waals surface area contributed by atoms with Gasteiger partial charge in [-0.3, -0.25) is 10.1 Å². The van der Waals surface area contributed by atoms with E-state index in [1.807, 2.05) is 0 Å². The third-order valence-corrected chi connectivity index (χ3v) is 2.97. The molecule has 98 valence electrons. The van der Waals surface area contributed by atoms with Gasteiger partial charge in [-0.15, -0.1) is 0 Å². The van der Waals surface area contributed by atoms with Gasteiger partial charge in [-0.2, -0.15) is 0 Å². The lowest BCUT2D eigenvalue weighted by atomic mass is 10.1. The number of rotatable bonds is 5. The molecule has 17 heavy (non-hydrogen) atoms. The van der Waals surface area contributed by atoms with Crippen molar-refractivity contribution in [2.45, 2.75) is 32.2 Å². The lowest BCUT2D eigenvalue weighted by molar-refractivity contribution is -0.121. The summed E-state index contributed by atoms with van der Waals surface area (Å²) in [7, 11) is 0. The topological polar surface area (TPSA) is 87.5 Å². The van der Waals surface area contributed by atoms with Crippen LogP contribution in [0.15, 0.2) is 0 Å². The van der Waals surface area contributed by atoms with Crippen LogP contribution in [0.3, 0.4) is 0 Å². The SMILES string of the molecule is CC(NCCN1CCCCC1)C(=O)NC(N)=O. The minimum Gasteiger partial charge on any atom is -0.351 e. The summed E-state index contributed by atoms with van der Waals surface area (Å²) in [6, 6.07) is -1.20. The Hall–Kier alpha value is -1.14. The number of nitrogens with zero attached hydrogens (tertiary/aromatic N) is 1. The first kappa shape index (κ1) is 13.9. The van der Waals surface area contributed by atoms with E-state index in [-0.39, 0.29) is 5.91 Å². The summed E-state index contributed by atoms with van der Waals surface area (Å²) in [6.45, 7) is 5.68. The summed E-state index contributed by atoms with van der Waals surface area (Å²) in [5.74, 6) is -0.379. The van der Waals surface area contributed by atoms with E-state index in [0.717, 1.165) is 26.2 Å². The highest BCUT2D eigenvalue weighted by molar-refractivity contribution is 5.96. The second kappa shape index (κ2) is 7.24. The molecule has 1 aliphatic rings. The quantitative estimate of drug-likeness (QED) is 0.614. The predicted octanol–water partition coefficient (Wildman–Crippen LogP) is -0.355. The van der Waals surface area contributed by atoms with Crippen LogP contribution in [0.4, 0.5) is 4.79 Å². The van der Waals surface area contributed by atoms with Crippen molar-refractivity contribution in [3.63, 3.8) is 0 Å². The van der Waals surface area contributed by atoms with E-state index in [0.29, 0.717) is 0 Å². The molecule has 6 nitrogen and oxygen atoms in total. The minimum absolute atomic E-state index is 0.379. The predicted molar refractivity (Wildman–Crippen MR) is 65.5 cm³/mol. The van der Waals surface area contributed by atoms with E-state index in [1.54, 1.807) is 6.92 Å². The maximum atomic E-state index is 11.3. The molecule has 4 N–H and O–H groups in total. The maximum absolute atomic E-state index is 11.3. The first-order valence-electron chi connectivity index (χ1n) is 6.15. The number of piperidine rings is 1. The zero-order chi connectivity index (χ0) is 12.7. The molecule has 0 aromatic rings. The molecular weight excluding hydrogens is 220 g/mol. The van der Waals surface area contributed by atoms with Crippen molar-refractivity contribution in [1.82, 2.24) is 15.5 Å². The molecule has 1 unspecified atom stereocenters. The van der Waals surface area contributed by atoms with Crippen molar-refractivity contribution >= 4 is 11.9 Å². The summed E-state index contributed by atoms with van der Waals surface area (Å²) in [6.07, 6.45) is 3.84. The molecule has 0 bridgehead atoms. The number of primary amides is 1. The van der Waals surface area contributed by atoms with Crippen molar-refractivity contribution < 1.29 is 9.59 Å². The molecule has 1 heterocycles. The molecule has 0 aromatic carbocycles. The zero-order valence-electron chi connectivity index (χ0n) is 10.4. The Morgan fingerprint density at radius 3 is 2.53 bits per heavy atom. The highest BCUT2D eigenvalue weighted by Crippen LogP contribution is 2.07.